The summed E-state index contributed by atoms with van der Waals surface area (Å²) in [6.07, 6.45) is 0. The Labute approximate surface area is 276 Å². The molecule has 9 nitrogen and oxygen atoms in total. The normalized spacial score (nSPS) is 13.5. The number of piperazine rings is 1. The number of aromatic nitrogens is 5. The number of carbonyl (C=O) groups excluding carboxylic acids is 1. The maximum atomic E-state index is 11.8. The molecule has 0 N–H and O–H groups in total. The van der Waals surface area contributed by atoms with Crippen LogP contribution in [0.1, 0.15) is 17.3 Å². The number of benzene rings is 3. The average Bonchev–Trinajstić information content (AvgIpc) is 3.48. The second-order valence-corrected chi connectivity index (χ2v) is 13.0. The van der Waals surface area contributed by atoms with Crippen molar-refractivity contribution in [1.29, 1.82) is 0 Å². The highest BCUT2D eigenvalue weighted by molar-refractivity contribution is 7.25. The molecule has 4 aromatic heterocycles. The van der Waals surface area contributed by atoms with Crippen LogP contribution in [-0.2, 0) is 0 Å². The first-order valence-corrected chi connectivity index (χ1v) is 16.5. The molecule has 0 saturated carbocycles. The molecule has 1 aliphatic rings. The quantitative estimate of drug-likeness (QED) is 0.177. The largest absolute Gasteiger partial charge is 0.368 e. The highest BCUT2D eigenvalue weighted by atomic mass is 32.1. The molecule has 8 rings (SSSR count). The van der Waals surface area contributed by atoms with Crippen LogP contribution in [0.2, 0.25) is 0 Å². The molecule has 7 aromatic rings. The van der Waals surface area contributed by atoms with Gasteiger partial charge in [0.2, 0.25) is 5.95 Å². The van der Waals surface area contributed by atoms with Gasteiger partial charge in [-0.2, -0.15) is 9.97 Å². The van der Waals surface area contributed by atoms with Gasteiger partial charge in [-0.25, -0.2) is 4.98 Å². The van der Waals surface area contributed by atoms with Gasteiger partial charge in [0.1, 0.15) is 16.3 Å². The molecular weight excluding hydrogens is 605 g/mol. The van der Waals surface area contributed by atoms with Crippen LogP contribution in [0.4, 0.5) is 17.5 Å². The van der Waals surface area contributed by atoms with E-state index in [1.807, 2.05) is 67.5 Å². The van der Waals surface area contributed by atoms with Gasteiger partial charge in [-0.15, -0.1) is 21.5 Å². The summed E-state index contributed by atoms with van der Waals surface area (Å²) in [4.78, 5) is 34.5. The van der Waals surface area contributed by atoms with Crippen LogP contribution >= 0.6 is 11.3 Å². The number of nitrogens with zero attached hydrogens (tertiary/aromatic N) is 8. The van der Waals surface area contributed by atoms with Gasteiger partial charge in [0, 0.05) is 68.0 Å². The molecule has 0 bridgehead atoms. The Balaban J connectivity index is 1.25. The summed E-state index contributed by atoms with van der Waals surface area (Å²) in [5, 5.41) is 11.4. The first kappa shape index (κ1) is 29.0. The standard InChI is InChI=1S/C37H32N8OS/c1-23(46)24-14-16-27(17-15-24)44-18-20-45(21-19-44)35-28-22-29-33(38-34(28)39-37(40-35)43(2)3)31-30(25-10-6-4-7-11-25)32(41-42-36(31)47-29)26-12-8-5-9-13-26/h4-17,22H,18-21H2,1-3H3. The van der Waals surface area contributed by atoms with Crippen molar-refractivity contribution in [2.75, 3.05) is 55.0 Å². The minimum atomic E-state index is 0.0787. The van der Waals surface area contributed by atoms with Gasteiger partial charge < -0.3 is 14.7 Å². The summed E-state index contributed by atoms with van der Waals surface area (Å²) in [7, 11) is 3.92. The van der Waals surface area contributed by atoms with Crippen LogP contribution in [0.25, 0.3) is 53.9 Å². The number of hydrogen-bond acceptors (Lipinski definition) is 10. The lowest BCUT2D eigenvalue weighted by Gasteiger charge is -2.37. The van der Waals surface area contributed by atoms with E-state index in [4.69, 9.17) is 25.1 Å². The molecule has 1 aliphatic heterocycles. The van der Waals surface area contributed by atoms with Gasteiger partial charge in [0.25, 0.3) is 0 Å². The van der Waals surface area contributed by atoms with E-state index in [1.54, 1.807) is 18.3 Å². The summed E-state index contributed by atoms with van der Waals surface area (Å²) in [5.41, 5.74) is 7.31. The van der Waals surface area contributed by atoms with E-state index in [2.05, 4.69) is 52.3 Å². The molecule has 5 heterocycles. The summed E-state index contributed by atoms with van der Waals surface area (Å²) in [5.74, 6) is 1.58. The third kappa shape index (κ3) is 5.20. The first-order valence-electron chi connectivity index (χ1n) is 15.7. The monoisotopic (exact) mass is 636 g/mol. The van der Waals surface area contributed by atoms with E-state index in [9.17, 15) is 4.79 Å². The Morgan fingerprint density at radius 3 is 2.09 bits per heavy atom. The highest BCUT2D eigenvalue weighted by Crippen LogP contribution is 2.43. The highest BCUT2D eigenvalue weighted by Gasteiger charge is 2.25. The van der Waals surface area contributed by atoms with Crippen molar-refractivity contribution < 1.29 is 4.79 Å². The number of rotatable bonds is 6. The first-order chi connectivity index (χ1) is 22.9. The van der Waals surface area contributed by atoms with Crippen LogP contribution in [0.3, 0.4) is 0 Å². The molecule has 0 atom stereocenters. The summed E-state index contributed by atoms with van der Waals surface area (Å²) >= 11 is 1.60. The molecule has 10 heteroatoms. The Bertz CT molecular complexity index is 2260. The molecule has 1 saturated heterocycles. The van der Waals surface area contributed by atoms with Crippen LogP contribution < -0.4 is 14.7 Å². The van der Waals surface area contributed by atoms with Crippen molar-refractivity contribution in [2.24, 2.45) is 0 Å². The summed E-state index contributed by atoms with van der Waals surface area (Å²) in [6, 6.07) is 30.7. The SMILES string of the molecule is CC(=O)c1ccc(N2CCN(c3nc(N(C)C)nc4nc5c(cc34)sc3nnc(-c4ccccc4)c(-c4ccccc4)c35)CC2)cc1. The molecule has 0 unspecified atom stereocenters. The molecular formula is C37H32N8OS. The molecule has 1 fully saturated rings. The van der Waals surface area contributed by atoms with Crippen LogP contribution in [0.15, 0.2) is 91.0 Å². The van der Waals surface area contributed by atoms with Crippen molar-refractivity contribution in [3.63, 3.8) is 0 Å². The second-order valence-electron chi connectivity index (χ2n) is 12.0. The molecule has 0 amide bonds. The van der Waals surface area contributed by atoms with Crippen molar-refractivity contribution in [3.05, 3.63) is 96.6 Å². The Morgan fingerprint density at radius 2 is 1.43 bits per heavy atom. The van der Waals surface area contributed by atoms with Crippen molar-refractivity contribution in [2.45, 2.75) is 6.92 Å². The van der Waals surface area contributed by atoms with Gasteiger partial charge in [0.15, 0.2) is 11.4 Å². The number of anilines is 3. The molecule has 232 valence electrons. The minimum absolute atomic E-state index is 0.0787. The fourth-order valence-corrected chi connectivity index (χ4v) is 7.30. The van der Waals surface area contributed by atoms with E-state index in [-0.39, 0.29) is 5.78 Å². The topological polar surface area (TPSA) is 91.2 Å². The summed E-state index contributed by atoms with van der Waals surface area (Å²) < 4.78 is 1.02. The Morgan fingerprint density at radius 1 is 0.766 bits per heavy atom. The number of ketones is 1. The van der Waals surface area contributed by atoms with E-state index in [0.717, 1.165) is 91.5 Å². The van der Waals surface area contributed by atoms with E-state index in [1.165, 1.54) is 0 Å². The zero-order chi connectivity index (χ0) is 32.1. The number of pyridine rings is 1. The van der Waals surface area contributed by atoms with E-state index < -0.39 is 0 Å². The van der Waals surface area contributed by atoms with Gasteiger partial charge >= 0.3 is 0 Å². The third-order valence-corrected chi connectivity index (χ3v) is 9.74. The minimum Gasteiger partial charge on any atom is -0.368 e. The number of thiophene rings is 1. The van der Waals surface area contributed by atoms with Crippen LogP contribution in [-0.4, -0.2) is 71.2 Å². The van der Waals surface area contributed by atoms with Crippen LogP contribution in [0.5, 0.6) is 0 Å². The van der Waals surface area contributed by atoms with E-state index in [0.29, 0.717) is 11.6 Å². The predicted molar refractivity (Wildman–Crippen MR) is 192 cm³/mol. The van der Waals surface area contributed by atoms with Gasteiger partial charge in [0.05, 0.1) is 15.6 Å². The van der Waals surface area contributed by atoms with Crippen molar-refractivity contribution in [1.82, 2.24) is 25.1 Å². The average molecular weight is 637 g/mol. The molecule has 47 heavy (non-hydrogen) atoms. The third-order valence-electron chi connectivity index (χ3n) is 8.73. The maximum absolute atomic E-state index is 11.8. The fourth-order valence-electron chi connectivity index (χ4n) is 6.29. The summed E-state index contributed by atoms with van der Waals surface area (Å²) in [6.45, 7) is 4.85. The number of hydrogen-bond donors (Lipinski definition) is 0. The molecule has 0 radical (unpaired) electrons. The molecule has 0 spiro atoms. The van der Waals surface area contributed by atoms with E-state index >= 15 is 0 Å². The molecule has 3 aromatic carbocycles. The number of carbonyl (C=O) groups is 1. The van der Waals surface area contributed by atoms with Gasteiger partial charge in [-0.1, -0.05) is 60.7 Å². The van der Waals surface area contributed by atoms with Crippen LogP contribution in [0, 0.1) is 0 Å². The predicted octanol–water partition coefficient (Wildman–Crippen LogP) is 7.11. The Hall–Kier alpha value is -5.48. The molecule has 0 aliphatic carbocycles. The lowest BCUT2D eigenvalue weighted by molar-refractivity contribution is 0.101. The lowest BCUT2D eigenvalue weighted by Crippen LogP contribution is -2.47. The zero-order valence-electron chi connectivity index (χ0n) is 26.4. The van der Waals surface area contributed by atoms with Gasteiger partial charge in [-0.3, -0.25) is 4.79 Å². The maximum Gasteiger partial charge on any atom is 0.228 e. The van der Waals surface area contributed by atoms with Gasteiger partial charge in [-0.05, 0) is 42.8 Å². The zero-order valence-corrected chi connectivity index (χ0v) is 27.2. The van der Waals surface area contributed by atoms with Crippen molar-refractivity contribution in [3.8, 4) is 22.4 Å². The second kappa shape index (κ2) is 11.7. The number of Topliss-reactive ketones (excluding diaryl/α,β-unsaturated/α-hetero) is 1. The number of fused-ring (bicyclic) bond motifs is 4. The smallest absolute Gasteiger partial charge is 0.228 e. The lowest BCUT2D eigenvalue weighted by atomic mass is 9.97. The van der Waals surface area contributed by atoms with Crippen molar-refractivity contribution >= 4 is 66.0 Å². The fraction of sp³-hybridized carbons (Fsp3) is 0.189. The Kier molecular flexibility index (Phi) is 7.21.